The minimum atomic E-state index is 0.362. The van der Waals surface area contributed by atoms with Crippen molar-refractivity contribution in [3.05, 3.63) is 0 Å². The van der Waals surface area contributed by atoms with Crippen LogP contribution < -0.4 is 5.32 Å². The van der Waals surface area contributed by atoms with E-state index in [9.17, 15) is 0 Å². The van der Waals surface area contributed by atoms with Gasteiger partial charge in [0.25, 0.3) is 0 Å². The Hall–Kier alpha value is -0.0800. The fourth-order valence-corrected chi connectivity index (χ4v) is 2.00. The fourth-order valence-electron chi connectivity index (χ4n) is 2.00. The summed E-state index contributed by atoms with van der Waals surface area (Å²) >= 11 is 0. The van der Waals surface area contributed by atoms with Gasteiger partial charge in [0.15, 0.2) is 0 Å². The normalized spacial score (nSPS) is 32.2. The molecule has 1 rings (SSSR count). The molecule has 0 bridgehead atoms. The predicted octanol–water partition coefficient (Wildman–Crippen LogP) is 1.00. The van der Waals surface area contributed by atoms with Crippen LogP contribution in [0, 0.1) is 11.8 Å². The van der Waals surface area contributed by atoms with E-state index in [-0.39, 0.29) is 0 Å². The Kier molecular flexibility index (Phi) is 3.87. The third kappa shape index (κ3) is 2.46. The number of rotatable bonds is 3. The average Bonchev–Trinajstić information content (AvgIpc) is 2.06. The van der Waals surface area contributed by atoms with Crippen molar-refractivity contribution in [2.75, 3.05) is 19.7 Å². The third-order valence-electron chi connectivity index (χ3n) is 2.79. The number of aliphatic hydroxyl groups is 1. The van der Waals surface area contributed by atoms with E-state index in [1.807, 2.05) is 0 Å². The second-order valence-corrected chi connectivity index (χ2v) is 3.43. The summed E-state index contributed by atoms with van der Waals surface area (Å²) in [6.45, 7) is 4.89. The highest BCUT2D eigenvalue weighted by Crippen LogP contribution is 2.24. The maximum Gasteiger partial charge on any atom is 0.0433 e. The molecule has 2 atom stereocenters. The molecule has 0 aromatic carbocycles. The monoisotopic (exact) mass is 157 g/mol. The molecule has 0 aromatic rings. The van der Waals surface area contributed by atoms with E-state index in [0.29, 0.717) is 6.61 Å². The Balaban J connectivity index is 2.31. The summed E-state index contributed by atoms with van der Waals surface area (Å²) in [5, 5.41) is 12.2. The second-order valence-electron chi connectivity index (χ2n) is 3.43. The zero-order valence-corrected chi connectivity index (χ0v) is 7.34. The molecule has 1 aliphatic rings. The van der Waals surface area contributed by atoms with E-state index < -0.39 is 0 Å². The summed E-state index contributed by atoms with van der Waals surface area (Å²) in [6.07, 6.45) is 3.50. The highest BCUT2D eigenvalue weighted by molar-refractivity contribution is 4.76. The molecule has 66 valence electrons. The molecule has 2 N–H and O–H groups in total. The van der Waals surface area contributed by atoms with Gasteiger partial charge in [0, 0.05) is 6.61 Å². The number of piperidine rings is 1. The van der Waals surface area contributed by atoms with Crippen LogP contribution in [0.3, 0.4) is 0 Å². The molecule has 1 aliphatic heterocycles. The Morgan fingerprint density at radius 2 is 2.27 bits per heavy atom. The Bertz CT molecular complexity index is 104. The molecule has 1 saturated heterocycles. The Labute approximate surface area is 69.0 Å². The molecule has 0 spiro atoms. The molecule has 0 amide bonds. The lowest BCUT2D eigenvalue weighted by molar-refractivity contribution is 0.182. The van der Waals surface area contributed by atoms with Gasteiger partial charge in [0.1, 0.15) is 0 Å². The van der Waals surface area contributed by atoms with E-state index in [4.69, 9.17) is 5.11 Å². The largest absolute Gasteiger partial charge is 0.396 e. The van der Waals surface area contributed by atoms with E-state index in [1.165, 1.54) is 12.8 Å². The lowest BCUT2D eigenvalue weighted by Gasteiger charge is -2.30. The number of hydrogen-bond donors (Lipinski definition) is 2. The minimum Gasteiger partial charge on any atom is -0.396 e. The van der Waals surface area contributed by atoms with Crippen LogP contribution in [-0.2, 0) is 0 Å². The zero-order chi connectivity index (χ0) is 8.10. The molecule has 11 heavy (non-hydrogen) atoms. The minimum absolute atomic E-state index is 0.362. The van der Waals surface area contributed by atoms with Crippen molar-refractivity contribution in [3.63, 3.8) is 0 Å². The molecular weight excluding hydrogens is 138 g/mol. The van der Waals surface area contributed by atoms with Gasteiger partial charge in [-0.15, -0.1) is 0 Å². The van der Waals surface area contributed by atoms with Crippen molar-refractivity contribution in [1.29, 1.82) is 0 Å². The van der Waals surface area contributed by atoms with Crippen molar-refractivity contribution in [3.8, 4) is 0 Å². The number of nitrogens with one attached hydrogen (secondary N) is 1. The lowest BCUT2D eigenvalue weighted by atomic mass is 9.83. The summed E-state index contributed by atoms with van der Waals surface area (Å²) in [7, 11) is 0. The predicted molar refractivity (Wildman–Crippen MR) is 46.5 cm³/mol. The van der Waals surface area contributed by atoms with Gasteiger partial charge in [0.2, 0.25) is 0 Å². The highest BCUT2D eigenvalue weighted by atomic mass is 16.3. The van der Waals surface area contributed by atoms with E-state index >= 15 is 0 Å². The first-order chi connectivity index (χ1) is 5.38. The lowest BCUT2D eigenvalue weighted by Crippen LogP contribution is -2.36. The van der Waals surface area contributed by atoms with Gasteiger partial charge in [-0.3, -0.25) is 0 Å². The van der Waals surface area contributed by atoms with Gasteiger partial charge in [0.05, 0.1) is 0 Å². The van der Waals surface area contributed by atoms with Crippen molar-refractivity contribution < 1.29 is 5.11 Å². The van der Waals surface area contributed by atoms with E-state index in [1.54, 1.807) is 0 Å². The van der Waals surface area contributed by atoms with Crippen LogP contribution in [0.1, 0.15) is 26.2 Å². The SMILES string of the molecule is CC[C@H]1CNCC[C@H]1CCO. The van der Waals surface area contributed by atoms with Gasteiger partial charge in [-0.25, -0.2) is 0 Å². The molecule has 0 unspecified atom stereocenters. The van der Waals surface area contributed by atoms with Crippen LogP contribution in [0.15, 0.2) is 0 Å². The summed E-state index contributed by atoms with van der Waals surface area (Å²) in [4.78, 5) is 0. The quantitative estimate of drug-likeness (QED) is 0.640. The molecule has 1 heterocycles. The smallest absolute Gasteiger partial charge is 0.0433 e. The van der Waals surface area contributed by atoms with Crippen LogP contribution in [0.5, 0.6) is 0 Å². The van der Waals surface area contributed by atoms with Crippen LogP contribution >= 0.6 is 0 Å². The molecule has 0 aliphatic carbocycles. The van der Waals surface area contributed by atoms with Crippen LogP contribution in [-0.4, -0.2) is 24.8 Å². The van der Waals surface area contributed by atoms with Crippen molar-refractivity contribution in [2.45, 2.75) is 26.2 Å². The molecule has 0 radical (unpaired) electrons. The molecule has 0 saturated carbocycles. The number of aliphatic hydroxyl groups excluding tert-OH is 1. The van der Waals surface area contributed by atoms with Crippen molar-refractivity contribution in [1.82, 2.24) is 5.32 Å². The van der Waals surface area contributed by atoms with Crippen LogP contribution in [0.25, 0.3) is 0 Å². The first kappa shape index (κ1) is 9.01. The second kappa shape index (κ2) is 4.73. The first-order valence-electron chi connectivity index (χ1n) is 4.70. The Morgan fingerprint density at radius 3 is 2.91 bits per heavy atom. The number of hydrogen-bond acceptors (Lipinski definition) is 2. The van der Waals surface area contributed by atoms with Gasteiger partial charge in [-0.2, -0.15) is 0 Å². The molecular formula is C9H19NO. The maximum atomic E-state index is 8.81. The zero-order valence-electron chi connectivity index (χ0n) is 7.34. The van der Waals surface area contributed by atoms with E-state index in [0.717, 1.165) is 31.3 Å². The third-order valence-corrected chi connectivity index (χ3v) is 2.79. The maximum absolute atomic E-state index is 8.81. The van der Waals surface area contributed by atoms with Crippen LogP contribution in [0.2, 0.25) is 0 Å². The van der Waals surface area contributed by atoms with Gasteiger partial charge < -0.3 is 10.4 Å². The van der Waals surface area contributed by atoms with Gasteiger partial charge in [-0.1, -0.05) is 13.3 Å². The average molecular weight is 157 g/mol. The molecule has 2 heteroatoms. The van der Waals surface area contributed by atoms with E-state index in [2.05, 4.69) is 12.2 Å². The van der Waals surface area contributed by atoms with Crippen LogP contribution in [0.4, 0.5) is 0 Å². The topological polar surface area (TPSA) is 32.3 Å². The molecule has 2 nitrogen and oxygen atoms in total. The molecule has 1 fully saturated rings. The molecule has 0 aromatic heterocycles. The standard InChI is InChI=1S/C9H19NO/c1-2-8-7-10-5-3-9(8)4-6-11/h8-11H,2-7H2,1H3/t8-,9-/m0/s1. The fraction of sp³-hybridized carbons (Fsp3) is 1.00. The van der Waals surface area contributed by atoms with Crippen molar-refractivity contribution >= 4 is 0 Å². The highest BCUT2D eigenvalue weighted by Gasteiger charge is 2.22. The summed E-state index contributed by atoms with van der Waals surface area (Å²) in [6, 6.07) is 0. The Morgan fingerprint density at radius 1 is 1.45 bits per heavy atom. The first-order valence-corrected chi connectivity index (χ1v) is 4.70. The summed E-state index contributed by atoms with van der Waals surface area (Å²) in [5.74, 6) is 1.57. The summed E-state index contributed by atoms with van der Waals surface area (Å²) < 4.78 is 0. The summed E-state index contributed by atoms with van der Waals surface area (Å²) in [5.41, 5.74) is 0. The van der Waals surface area contributed by atoms with Gasteiger partial charge >= 0.3 is 0 Å². The van der Waals surface area contributed by atoms with Crippen molar-refractivity contribution in [2.24, 2.45) is 11.8 Å². The van der Waals surface area contributed by atoms with Gasteiger partial charge in [-0.05, 0) is 37.8 Å².